The first-order chi connectivity index (χ1) is 12.7. The van der Waals surface area contributed by atoms with Gasteiger partial charge in [-0.2, -0.15) is 0 Å². The van der Waals surface area contributed by atoms with Gasteiger partial charge >= 0.3 is 0 Å². The van der Waals surface area contributed by atoms with E-state index in [9.17, 15) is 4.79 Å². The van der Waals surface area contributed by atoms with Crippen molar-refractivity contribution in [2.24, 2.45) is 0 Å². The lowest BCUT2D eigenvalue weighted by Crippen LogP contribution is -2.24. The summed E-state index contributed by atoms with van der Waals surface area (Å²) in [5.74, 6) is 0.790. The molecule has 1 aromatic heterocycles. The minimum Gasteiger partial charge on any atom is -0.377 e. The van der Waals surface area contributed by atoms with E-state index in [-0.39, 0.29) is 11.7 Å². The third-order valence-electron chi connectivity index (χ3n) is 4.50. The Morgan fingerprint density at radius 2 is 1.96 bits per heavy atom. The number of fused-ring (bicyclic) bond motifs is 1. The molecule has 0 N–H and O–H groups in total. The van der Waals surface area contributed by atoms with Crippen molar-refractivity contribution >= 4 is 34.3 Å². The summed E-state index contributed by atoms with van der Waals surface area (Å²) in [6.45, 7) is 0.820. The highest BCUT2D eigenvalue weighted by Crippen LogP contribution is 2.25. The van der Waals surface area contributed by atoms with Crippen LogP contribution in [0.25, 0.3) is 16.6 Å². The van der Waals surface area contributed by atoms with Crippen molar-refractivity contribution in [1.29, 1.82) is 0 Å². The molecule has 1 atom stereocenters. The number of halogens is 1. The van der Waals surface area contributed by atoms with Crippen LogP contribution in [0.5, 0.6) is 0 Å². The monoisotopic (exact) mass is 386 g/mol. The van der Waals surface area contributed by atoms with Crippen LogP contribution in [0.4, 0.5) is 0 Å². The largest absolute Gasteiger partial charge is 0.377 e. The van der Waals surface area contributed by atoms with E-state index in [1.807, 2.05) is 36.4 Å². The van der Waals surface area contributed by atoms with E-state index < -0.39 is 0 Å². The first kappa shape index (κ1) is 17.6. The van der Waals surface area contributed by atoms with E-state index in [0.717, 1.165) is 36.4 Å². The van der Waals surface area contributed by atoms with Crippen molar-refractivity contribution < 1.29 is 4.74 Å². The van der Waals surface area contributed by atoms with E-state index in [4.69, 9.17) is 21.3 Å². The number of rotatable bonds is 4. The maximum Gasteiger partial charge on any atom is 0.266 e. The minimum absolute atomic E-state index is 0.0648. The molecule has 1 fully saturated rings. The smallest absolute Gasteiger partial charge is 0.266 e. The van der Waals surface area contributed by atoms with Gasteiger partial charge in [-0.1, -0.05) is 35.5 Å². The third-order valence-corrected chi connectivity index (χ3v) is 5.82. The standard InChI is InChI=1S/C20H19ClN2O2S/c21-14-8-10-15(11-9-14)23-19(24)17-6-1-2-7-18(17)22-20(23)26-13-16-5-3-4-12-25-16/h1-2,6-11,16H,3-5,12-13H2/t16-/m0/s1. The predicted molar refractivity (Wildman–Crippen MR) is 107 cm³/mol. The van der Waals surface area contributed by atoms with Crippen LogP contribution in [0.15, 0.2) is 58.5 Å². The second kappa shape index (κ2) is 7.82. The van der Waals surface area contributed by atoms with Crippen molar-refractivity contribution in [1.82, 2.24) is 9.55 Å². The molecule has 4 nitrogen and oxygen atoms in total. The SMILES string of the molecule is O=c1c2ccccc2nc(SC[C@@H]2CCCCO2)n1-c1ccc(Cl)cc1. The molecule has 0 radical (unpaired) electrons. The molecule has 0 aliphatic carbocycles. The summed E-state index contributed by atoms with van der Waals surface area (Å²) in [5.41, 5.74) is 1.42. The molecule has 0 saturated carbocycles. The van der Waals surface area contributed by atoms with Crippen LogP contribution >= 0.6 is 23.4 Å². The van der Waals surface area contributed by atoms with Crippen LogP contribution in [0.2, 0.25) is 5.02 Å². The van der Waals surface area contributed by atoms with Gasteiger partial charge in [0.1, 0.15) is 0 Å². The van der Waals surface area contributed by atoms with Crippen LogP contribution in [0, 0.1) is 0 Å². The summed E-state index contributed by atoms with van der Waals surface area (Å²) in [4.78, 5) is 17.9. The average Bonchev–Trinajstić information content (AvgIpc) is 2.68. The molecule has 1 saturated heterocycles. The Labute approximate surface area is 161 Å². The molecule has 1 aliphatic heterocycles. The minimum atomic E-state index is -0.0648. The van der Waals surface area contributed by atoms with Crippen LogP contribution < -0.4 is 5.56 Å². The molecule has 6 heteroatoms. The fraction of sp³-hybridized carbons (Fsp3) is 0.300. The lowest BCUT2D eigenvalue weighted by Gasteiger charge is -2.22. The van der Waals surface area contributed by atoms with E-state index in [0.29, 0.717) is 15.6 Å². The van der Waals surface area contributed by atoms with Gasteiger partial charge < -0.3 is 4.74 Å². The number of para-hydroxylation sites is 1. The normalized spacial score (nSPS) is 17.5. The molecule has 1 aliphatic rings. The van der Waals surface area contributed by atoms with Crippen molar-refractivity contribution in [2.45, 2.75) is 30.5 Å². The maximum atomic E-state index is 13.1. The topological polar surface area (TPSA) is 44.1 Å². The molecule has 0 amide bonds. The summed E-state index contributed by atoms with van der Waals surface area (Å²) in [5, 5.41) is 1.94. The number of hydrogen-bond acceptors (Lipinski definition) is 4. The number of ether oxygens (including phenoxy) is 1. The van der Waals surface area contributed by atoms with E-state index in [1.165, 1.54) is 6.42 Å². The molecule has 0 spiro atoms. The van der Waals surface area contributed by atoms with Gasteiger partial charge in [-0.15, -0.1) is 0 Å². The number of nitrogens with zero attached hydrogens (tertiary/aromatic N) is 2. The van der Waals surface area contributed by atoms with Gasteiger partial charge in [0.25, 0.3) is 5.56 Å². The molecule has 0 unspecified atom stereocenters. The summed E-state index contributed by atoms with van der Waals surface area (Å²) < 4.78 is 7.50. The Morgan fingerprint density at radius 1 is 1.15 bits per heavy atom. The predicted octanol–water partition coefficient (Wildman–Crippen LogP) is 4.70. The van der Waals surface area contributed by atoms with Gasteiger partial charge in [-0.25, -0.2) is 4.98 Å². The van der Waals surface area contributed by atoms with Crippen LogP contribution in [-0.4, -0.2) is 28.0 Å². The summed E-state index contributed by atoms with van der Waals surface area (Å²) in [6, 6.07) is 14.7. The Balaban J connectivity index is 1.77. The first-order valence-electron chi connectivity index (χ1n) is 8.74. The molecular formula is C20H19ClN2O2S. The number of aromatic nitrogens is 2. The van der Waals surface area contributed by atoms with Crippen molar-refractivity contribution in [3.63, 3.8) is 0 Å². The van der Waals surface area contributed by atoms with Gasteiger partial charge in [0.2, 0.25) is 0 Å². The molecule has 0 bridgehead atoms. The van der Waals surface area contributed by atoms with Crippen LogP contribution in [0.1, 0.15) is 19.3 Å². The van der Waals surface area contributed by atoms with Crippen LogP contribution in [0.3, 0.4) is 0 Å². The second-order valence-corrected chi connectivity index (χ2v) is 7.75. The van der Waals surface area contributed by atoms with Gasteiger partial charge in [0.05, 0.1) is 22.7 Å². The third kappa shape index (κ3) is 3.65. The van der Waals surface area contributed by atoms with E-state index in [1.54, 1.807) is 28.5 Å². The number of benzene rings is 2. The Kier molecular flexibility index (Phi) is 5.29. The molecular weight excluding hydrogens is 368 g/mol. The molecule has 134 valence electrons. The lowest BCUT2D eigenvalue weighted by atomic mass is 10.1. The fourth-order valence-corrected chi connectivity index (χ4v) is 4.34. The summed E-state index contributed by atoms with van der Waals surface area (Å²) in [7, 11) is 0. The Morgan fingerprint density at radius 3 is 2.73 bits per heavy atom. The highest BCUT2D eigenvalue weighted by molar-refractivity contribution is 7.99. The second-order valence-electron chi connectivity index (χ2n) is 6.33. The lowest BCUT2D eigenvalue weighted by molar-refractivity contribution is 0.0315. The van der Waals surface area contributed by atoms with Gasteiger partial charge in [-0.3, -0.25) is 9.36 Å². The zero-order chi connectivity index (χ0) is 17.9. The highest BCUT2D eigenvalue weighted by Gasteiger charge is 2.18. The van der Waals surface area contributed by atoms with Crippen molar-refractivity contribution in [3.05, 3.63) is 63.9 Å². The number of thioether (sulfide) groups is 1. The highest BCUT2D eigenvalue weighted by atomic mass is 35.5. The maximum absolute atomic E-state index is 13.1. The van der Waals surface area contributed by atoms with Gasteiger partial charge in [-0.05, 0) is 55.7 Å². The zero-order valence-electron chi connectivity index (χ0n) is 14.2. The Bertz CT molecular complexity index is 966. The van der Waals surface area contributed by atoms with Gasteiger partial charge in [0.15, 0.2) is 5.16 Å². The van der Waals surface area contributed by atoms with Crippen molar-refractivity contribution in [3.8, 4) is 5.69 Å². The molecule has 2 heterocycles. The molecule has 2 aromatic carbocycles. The zero-order valence-corrected chi connectivity index (χ0v) is 15.8. The van der Waals surface area contributed by atoms with Gasteiger partial charge in [0, 0.05) is 17.4 Å². The average molecular weight is 387 g/mol. The fourth-order valence-electron chi connectivity index (χ4n) is 3.13. The molecule has 4 rings (SSSR count). The Hall–Kier alpha value is -1.82. The summed E-state index contributed by atoms with van der Waals surface area (Å²) >= 11 is 7.59. The quantitative estimate of drug-likeness (QED) is 0.481. The van der Waals surface area contributed by atoms with E-state index in [2.05, 4.69) is 0 Å². The number of hydrogen-bond donors (Lipinski definition) is 0. The molecule has 26 heavy (non-hydrogen) atoms. The summed E-state index contributed by atoms with van der Waals surface area (Å²) in [6.07, 6.45) is 3.60. The van der Waals surface area contributed by atoms with Crippen molar-refractivity contribution in [2.75, 3.05) is 12.4 Å². The van der Waals surface area contributed by atoms with E-state index >= 15 is 0 Å². The first-order valence-corrected chi connectivity index (χ1v) is 10.1. The molecule has 3 aromatic rings. The van der Waals surface area contributed by atoms with Crippen LogP contribution in [-0.2, 0) is 4.74 Å².